The summed E-state index contributed by atoms with van der Waals surface area (Å²) in [5.41, 5.74) is 4.32. The number of nitrogens with zero attached hydrogens (tertiary/aromatic N) is 1. The second kappa shape index (κ2) is 13.4. The van der Waals surface area contributed by atoms with E-state index in [0.29, 0.717) is 19.6 Å². The monoisotopic (exact) mass is 649 g/mol. The molecule has 0 spiro atoms. The van der Waals surface area contributed by atoms with Crippen molar-refractivity contribution in [2.75, 3.05) is 20.3 Å². The molecule has 0 radical (unpaired) electrons. The van der Waals surface area contributed by atoms with Crippen molar-refractivity contribution in [2.24, 2.45) is 17.8 Å². The summed E-state index contributed by atoms with van der Waals surface area (Å²) in [6.45, 7) is 9.78. The van der Waals surface area contributed by atoms with Crippen LogP contribution in [0.4, 0.5) is 0 Å². The van der Waals surface area contributed by atoms with Crippen LogP contribution in [0, 0.1) is 17.8 Å². The maximum absolute atomic E-state index is 13.4. The molecule has 2 heterocycles. The molecule has 2 aliphatic heterocycles. The van der Waals surface area contributed by atoms with E-state index in [9.17, 15) is 14.7 Å². The third-order valence-corrected chi connectivity index (χ3v) is 15.6. The molecule has 4 atom stereocenters. The molecular weight excluding hydrogens is 603 g/mol. The minimum atomic E-state index is -2.84. The number of para-hydroxylation sites is 1. The zero-order valence-corrected chi connectivity index (χ0v) is 29.2. The van der Waals surface area contributed by atoms with E-state index in [4.69, 9.17) is 9.16 Å². The van der Waals surface area contributed by atoms with Crippen molar-refractivity contribution in [3.05, 3.63) is 107 Å². The van der Waals surface area contributed by atoms with Gasteiger partial charge in [0.2, 0.25) is 11.8 Å². The fourth-order valence-electron chi connectivity index (χ4n) is 8.22. The van der Waals surface area contributed by atoms with Crippen LogP contribution in [0.3, 0.4) is 0 Å². The predicted molar refractivity (Wildman–Crippen MR) is 189 cm³/mol. The van der Waals surface area contributed by atoms with Crippen LogP contribution in [-0.2, 0) is 18.8 Å². The molecular formula is C40H47NO5Si. The lowest BCUT2D eigenvalue weighted by atomic mass is 9.69. The molecule has 47 heavy (non-hydrogen) atoms. The topological polar surface area (TPSA) is 76.1 Å². The molecule has 2 fully saturated rings. The lowest BCUT2D eigenvalue weighted by Crippen LogP contribution is -2.66. The summed E-state index contributed by atoms with van der Waals surface area (Å²) in [5, 5.41) is 12.6. The number of allylic oxidation sites excluding steroid dienone is 1. The van der Waals surface area contributed by atoms with Crippen molar-refractivity contribution >= 4 is 36.6 Å². The molecule has 246 valence electrons. The number of hydrogen-bond acceptors (Lipinski definition) is 5. The summed E-state index contributed by atoms with van der Waals surface area (Å²) in [5.74, 6) is -0.810. The number of phenols is 1. The third kappa shape index (κ3) is 6.05. The van der Waals surface area contributed by atoms with Gasteiger partial charge in [0, 0.05) is 18.5 Å². The van der Waals surface area contributed by atoms with Crippen LogP contribution >= 0.6 is 0 Å². The van der Waals surface area contributed by atoms with Crippen molar-refractivity contribution in [1.29, 1.82) is 0 Å². The number of likely N-dealkylation sites (tertiary alicyclic amines) is 1. The van der Waals surface area contributed by atoms with Gasteiger partial charge in [-0.25, -0.2) is 0 Å². The number of ether oxygens (including phenoxy) is 1. The molecule has 3 aromatic carbocycles. The van der Waals surface area contributed by atoms with E-state index in [1.165, 1.54) is 26.4 Å². The average Bonchev–Trinajstić information content (AvgIpc) is 3.59. The van der Waals surface area contributed by atoms with E-state index >= 15 is 0 Å². The Hall–Kier alpha value is -3.78. The summed E-state index contributed by atoms with van der Waals surface area (Å²) in [7, 11) is -1.22. The highest BCUT2D eigenvalue weighted by Gasteiger charge is 2.57. The van der Waals surface area contributed by atoms with Gasteiger partial charge in [0.05, 0.1) is 31.2 Å². The second-order valence-corrected chi connectivity index (χ2v) is 18.6. The van der Waals surface area contributed by atoms with E-state index in [1.54, 1.807) is 13.1 Å². The molecule has 0 bridgehead atoms. The number of aromatic hydroxyl groups is 1. The van der Waals surface area contributed by atoms with Crippen molar-refractivity contribution in [2.45, 2.75) is 64.5 Å². The SMILES string of the molecule is CC/C(=C\c1ccccc1O)CC[C@H]1OC[C@H]2C1=C(CO[Si](c1ccccc1)(c1ccccc1)C(C)(C)C)C[C@H]1C(=O)N(C)C(=O)[C@H]12. The number of carbonyl (C=O) groups is 2. The third-order valence-electron chi connectivity index (χ3n) is 10.6. The van der Waals surface area contributed by atoms with E-state index in [-0.39, 0.29) is 46.5 Å². The minimum Gasteiger partial charge on any atom is -0.507 e. The lowest BCUT2D eigenvalue weighted by Gasteiger charge is -2.44. The number of phenolic OH excluding ortho intramolecular Hbond substituents is 1. The van der Waals surface area contributed by atoms with Crippen LogP contribution in [0.2, 0.25) is 5.04 Å². The Kier molecular flexibility index (Phi) is 9.43. The molecule has 0 saturated carbocycles. The number of amides is 2. The molecule has 6 rings (SSSR count). The molecule has 6 nitrogen and oxygen atoms in total. The van der Waals surface area contributed by atoms with Crippen molar-refractivity contribution in [1.82, 2.24) is 4.90 Å². The van der Waals surface area contributed by atoms with E-state index < -0.39 is 8.32 Å². The van der Waals surface area contributed by atoms with E-state index in [0.717, 1.165) is 30.4 Å². The normalized spacial score (nSPS) is 23.3. The first-order valence-corrected chi connectivity index (χ1v) is 18.8. The van der Waals surface area contributed by atoms with Gasteiger partial charge in [-0.2, -0.15) is 0 Å². The predicted octanol–water partition coefficient (Wildman–Crippen LogP) is 6.49. The van der Waals surface area contributed by atoms with Gasteiger partial charge in [-0.1, -0.05) is 118 Å². The maximum atomic E-state index is 13.4. The lowest BCUT2D eigenvalue weighted by molar-refractivity contribution is -0.138. The molecule has 1 N–H and O–H groups in total. The smallest absolute Gasteiger partial charge is 0.261 e. The van der Waals surface area contributed by atoms with Gasteiger partial charge in [-0.05, 0) is 58.3 Å². The molecule has 2 saturated heterocycles. The number of rotatable bonds is 10. The summed E-state index contributed by atoms with van der Waals surface area (Å²) < 4.78 is 13.9. The number of benzene rings is 3. The second-order valence-electron chi connectivity index (χ2n) is 14.3. The van der Waals surface area contributed by atoms with Crippen molar-refractivity contribution in [3.63, 3.8) is 0 Å². The van der Waals surface area contributed by atoms with Crippen LogP contribution in [0.5, 0.6) is 5.75 Å². The first-order valence-electron chi connectivity index (χ1n) is 16.9. The Morgan fingerprint density at radius 3 is 2.15 bits per heavy atom. The largest absolute Gasteiger partial charge is 0.507 e. The van der Waals surface area contributed by atoms with E-state index in [2.05, 4.69) is 82.3 Å². The van der Waals surface area contributed by atoms with Gasteiger partial charge < -0.3 is 14.3 Å². The molecule has 1 aliphatic carbocycles. The number of fused-ring (bicyclic) bond motifs is 3. The Morgan fingerprint density at radius 2 is 1.55 bits per heavy atom. The highest BCUT2D eigenvalue weighted by atomic mass is 28.4. The number of hydrogen-bond donors (Lipinski definition) is 1. The van der Waals surface area contributed by atoms with Gasteiger partial charge in [0.15, 0.2) is 0 Å². The Morgan fingerprint density at radius 1 is 0.936 bits per heavy atom. The van der Waals surface area contributed by atoms with Crippen molar-refractivity contribution in [3.8, 4) is 5.75 Å². The average molecular weight is 650 g/mol. The molecule has 2 amide bonds. The highest BCUT2D eigenvalue weighted by molar-refractivity contribution is 6.99. The van der Waals surface area contributed by atoms with Crippen LogP contribution in [-0.4, -0.2) is 56.5 Å². The number of carbonyl (C=O) groups excluding carboxylic acids is 2. The molecule has 0 aromatic heterocycles. The Bertz CT molecular complexity index is 1640. The Labute approximate surface area is 280 Å². The van der Waals surface area contributed by atoms with Gasteiger partial charge in [0.1, 0.15) is 5.75 Å². The van der Waals surface area contributed by atoms with Crippen LogP contribution in [0.1, 0.15) is 58.9 Å². The molecule has 0 unspecified atom stereocenters. The fourth-order valence-corrected chi connectivity index (χ4v) is 12.8. The Balaban J connectivity index is 1.38. The van der Waals surface area contributed by atoms with E-state index in [1.807, 2.05) is 30.3 Å². The van der Waals surface area contributed by atoms with Gasteiger partial charge in [-0.3, -0.25) is 14.5 Å². The summed E-state index contributed by atoms with van der Waals surface area (Å²) in [6, 6.07) is 28.6. The molecule has 3 aromatic rings. The number of imide groups is 1. The fraction of sp³-hybridized carbons (Fsp3) is 0.400. The van der Waals surface area contributed by atoms with Gasteiger partial charge in [0.25, 0.3) is 8.32 Å². The molecule has 7 heteroatoms. The molecule has 3 aliphatic rings. The zero-order chi connectivity index (χ0) is 33.3. The van der Waals surface area contributed by atoms with Crippen LogP contribution < -0.4 is 10.4 Å². The first kappa shape index (κ1) is 33.1. The summed E-state index contributed by atoms with van der Waals surface area (Å²) >= 11 is 0. The van der Waals surface area contributed by atoms with Crippen LogP contribution in [0.15, 0.2) is 102 Å². The highest BCUT2D eigenvalue weighted by Crippen LogP contribution is 2.50. The summed E-state index contributed by atoms with van der Waals surface area (Å²) in [6.07, 6.45) is 4.85. The summed E-state index contributed by atoms with van der Waals surface area (Å²) in [4.78, 5) is 28.2. The van der Waals surface area contributed by atoms with Crippen LogP contribution in [0.25, 0.3) is 6.08 Å². The maximum Gasteiger partial charge on any atom is 0.261 e. The quantitative estimate of drug-likeness (QED) is 0.154. The van der Waals surface area contributed by atoms with Crippen molar-refractivity contribution < 1.29 is 23.9 Å². The van der Waals surface area contributed by atoms with Gasteiger partial charge >= 0.3 is 0 Å². The van der Waals surface area contributed by atoms with Gasteiger partial charge in [-0.15, -0.1) is 0 Å². The minimum absolute atomic E-state index is 0.0904. The zero-order valence-electron chi connectivity index (χ0n) is 28.2. The first-order chi connectivity index (χ1) is 22.6. The standard InChI is InChI=1S/C40H47NO5Si/c1-6-27(23-28-15-13-14-20-34(28)42)21-22-35-36-29(24-32-37(33(36)26-45-35)39(44)41(5)38(32)43)25-46-47(40(2,3)4,30-16-9-7-10-17-30)31-18-11-8-12-19-31/h7-20,23,32-33,35,37,42H,6,21-22,24-26H2,1-5H3/b27-23+/t32-,33+,35-,37-/m1/s1.